The number of fused-ring (bicyclic) bond motifs is 1. The molecule has 0 saturated carbocycles. The monoisotopic (exact) mass is 370 g/mol. The van der Waals surface area contributed by atoms with Crippen LogP contribution in [-0.4, -0.2) is 33.7 Å². The lowest BCUT2D eigenvalue weighted by molar-refractivity contribution is 0.340. The van der Waals surface area contributed by atoms with E-state index in [0.29, 0.717) is 12.4 Å². The molecule has 0 fully saturated rings. The summed E-state index contributed by atoms with van der Waals surface area (Å²) in [5.74, 6) is 2.13. The van der Waals surface area contributed by atoms with Crippen LogP contribution in [0.25, 0.3) is 11.4 Å². The summed E-state index contributed by atoms with van der Waals surface area (Å²) in [7, 11) is 1.53. The van der Waals surface area contributed by atoms with Crippen molar-refractivity contribution in [3.8, 4) is 28.6 Å². The van der Waals surface area contributed by atoms with Crippen LogP contribution in [0.2, 0.25) is 0 Å². The molecular formula is C18H18N4O3S. The first-order valence-corrected chi connectivity index (χ1v) is 9.06. The van der Waals surface area contributed by atoms with Gasteiger partial charge >= 0.3 is 0 Å². The van der Waals surface area contributed by atoms with Crippen LogP contribution in [0.3, 0.4) is 0 Å². The number of aromatic hydroxyl groups is 1. The molecule has 26 heavy (non-hydrogen) atoms. The maximum Gasteiger partial charge on any atom is 0.212 e. The molecule has 134 valence electrons. The van der Waals surface area contributed by atoms with Gasteiger partial charge in [0.1, 0.15) is 11.1 Å². The van der Waals surface area contributed by atoms with Crippen molar-refractivity contribution in [2.24, 2.45) is 0 Å². The third-order valence-electron chi connectivity index (χ3n) is 4.03. The van der Waals surface area contributed by atoms with Crippen molar-refractivity contribution in [2.75, 3.05) is 19.1 Å². The van der Waals surface area contributed by atoms with E-state index in [0.717, 1.165) is 27.9 Å². The Kier molecular flexibility index (Phi) is 4.34. The highest BCUT2D eigenvalue weighted by Crippen LogP contribution is 2.42. The molecular weight excluding hydrogens is 352 g/mol. The van der Waals surface area contributed by atoms with E-state index in [9.17, 15) is 5.11 Å². The molecule has 0 saturated heterocycles. The summed E-state index contributed by atoms with van der Waals surface area (Å²) in [6.45, 7) is 2.59. The van der Waals surface area contributed by atoms with E-state index in [1.165, 1.54) is 7.11 Å². The second-order valence-corrected chi connectivity index (χ2v) is 6.73. The molecule has 0 bridgehead atoms. The Bertz CT molecular complexity index is 927. The van der Waals surface area contributed by atoms with E-state index in [1.807, 2.05) is 48.0 Å². The summed E-state index contributed by atoms with van der Waals surface area (Å²) in [5.41, 5.74) is 5.32. The maximum absolute atomic E-state index is 9.77. The van der Waals surface area contributed by atoms with Gasteiger partial charge in [0.25, 0.3) is 0 Å². The molecule has 1 atom stereocenters. The van der Waals surface area contributed by atoms with Gasteiger partial charge in [-0.1, -0.05) is 17.8 Å². The van der Waals surface area contributed by atoms with Crippen LogP contribution in [0.15, 0.2) is 47.6 Å². The van der Waals surface area contributed by atoms with Crippen molar-refractivity contribution in [3.63, 3.8) is 0 Å². The average Bonchev–Trinajstić information content (AvgIpc) is 3.24. The summed E-state index contributed by atoms with van der Waals surface area (Å²) in [6, 6.07) is 13.1. The van der Waals surface area contributed by atoms with Gasteiger partial charge in [-0.3, -0.25) is 0 Å². The molecule has 0 amide bonds. The lowest BCUT2D eigenvalue weighted by Gasteiger charge is -2.14. The number of hydrogen-bond acceptors (Lipinski definition) is 7. The summed E-state index contributed by atoms with van der Waals surface area (Å²) in [4.78, 5) is 0. The van der Waals surface area contributed by atoms with Gasteiger partial charge in [-0.05, 0) is 48.9 Å². The number of methoxy groups -OCH3 is 1. The quantitative estimate of drug-likeness (QED) is 0.712. The lowest BCUT2D eigenvalue weighted by atomic mass is 10.2. The standard InChI is InChI=1S/C18H18N4O3S/c1-3-25-13-7-4-11(5-8-13)16-19-20-18-22(16)21-17(26-18)12-6-9-14(23)15(10-12)24-2/h4-10,17,21,23H,3H2,1-2H3. The zero-order chi connectivity index (χ0) is 18.1. The number of ether oxygens (including phenoxy) is 2. The zero-order valence-electron chi connectivity index (χ0n) is 14.3. The van der Waals surface area contributed by atoms with Crippen LogP contribution in [-0.2, 0) is 0 Å². The molecule has 0 spiro atoms. The van der Waals surface area contributed by atoms with Crippen LogP contribution < -0.4 is 14.9 Å². The van der Waals surface area contributed by atoms with E-state index in [4.69, 9.17) is 9.47 Å². The average molecular weight is 370 g/mol. The van der Waals surface area contributed by atoms with Gasteiger partial charge in [0.2, 0.25) is 5.16 Å². The number of phenolic OH excluding ortho intramolecular Hbond substituents is 1. The Morgan fingerprint density at radius 2 is 2.00 bits per heavy atom. The van der Waals surface area contributed by atoms with E-state index >= 15 is 0 Å². The zero-order valence-corrected chi connectivity index (χ0v) is 15.2. The van der Waals surface area contributed by atoms with Gasteiger partial charge in [-0.2, -0.15) is 0 Å². The van der Waals surface area contributed by atoms with Gasteiger partial charge in [-0.15, -0.1) is 10.2 Å². The van der Waals surface area contributed by atoms with Crippen LogP contribution in [0, 0.1) is 0 Å². The minimum Gasteiger partial charge on any atom is -0.504 e. The van der Waals surface area contributed by atoms with Crippen LogP contribution in [0.4, 0.5) is 0 Å². The number of rotatable bonds is 5. The Hall–Kier alpha value is -2.87. The normalized spacial score (nSPS) is 15.4. The number of phenols is 1. The summed E-state index contributed by atoms with van der Waals surface area (Å²) < 4.78 is 12.6. The van der Waals surface area contributed by atoms with Crippen molar-refractivity contribution in [2.45, 2.75) is 17.5 Å². The maximum atomic E-state index is 9.77. The molecule has 7 nitrogen and oxygen atoms in total. The molecule has 4 rings (SSSR count). The Morgan fingerprint density at radius 1 is 1.19 bits per heavy atom. The molecule has 0 aliphatic carbocycles. The molecule has 1 aromatic heterocycles. The van der Waals surface area contributed by atoms with Gasteiger partial charge in [0.05, 0.1) is 13.7 Å². The minimum atomic E-state index is -0.0450. The fourth-order valence-electron chi connectivity index (χ4n) is 2.77. The first-order valence-electron chi connectivity index (χ1n) is 8.18. The van der Waals surface area contributed by atoms with Gasteiger partial charge in [-0.25, -0.2) is 4.68 Å². The summed E-state index contributed by atoms with van der Waals surface area (Å²) in [5, 5.41) is 19.1. The van der Waals surface area contributed by atoms with Crippen molar-refractivity contribution in [3.05, 3.63) is 48.0 Å². The van der Waals surface area contributed by atoms with Crippen LogP contribution in [0.5, 0.6) is 17.2 Å². The molecule has 2 N–H and O–H groups in total. The van der Waals surface area contributed by atoms with Crippen LogP contribution in [0.1, 0.15) is 17.9 Å². The summed E-state index contributed by atoms with van der Waals surface area (Å²) in [6.07, 6.45) is 0. The topological polar surface area (TPSA) is 81.4 Å². The van der Waals surface area contributed by atoms with Crippen LogP contribution >= 0.6 is 11.8 Å². The fraction of sp³-hybridized carbons (Fsp3) is 0.222. The van der Waals surface area contributed by atoms with Crippen molar-refractivity contribution >= 4 is 11.8 Å². The molecule has 8 heteroatoms. The molecule has 3 aromatic rings. The highest BCUT2D eigenvalue weighted by atomic mass is 32.2. The number of aromatic nitrogens is 3. The lowest BCUT2D eigenvalue weighted by Crippen LogP contribution is -2.13. The Balaban J connectivity index is 1.59. The van der Waals surface area contributed by atoms with E-state index in [2.05, 4.69) is 15.6 Å². The van der Waals surface area contributed by atoms with E-state index < -0.39 is 0 Å². The molecule has 0 radical (unpaired) electrons. The van der Waals surface area contributed by atoms with E-state index in [1.54, 1.807) is 17.8 Å². The first kappa shape index (κ1) is 16.6. The number of nitrogens with one attached hydrogen (secondary N) is 1. The Labute approximate surface area is 154 Å². The third-order valence-corrected chi connectivity index (χ3v) is 5.12. The second-order valence-electron chi connectivity index (χ2n) is 5.66. The Morgan fingerprint density at radius 3 is 2.73 bits per heavy atom. The SMILES string of the molecule is CCOc1ccc(-c2nnc3n2NC(c2ccc(O)c(OC)c2)S3)cc1. The highest BCUT2D eigenvalue weighted by Gasteiger charge is 2.28. The fourth-order valence-corrected chi connectivity index (χ4v) is 3.75. The molecule has 2 aromatic carbocycles. The van der Waals surface area contributed by atoms with Gasteiger partial charge in [0, 0.05) is 5.56 Å². The second kappa shape index (κ2) is 6.80. The molecule has 2 heterocycles. The van der Waals surface area contributed by atoms with Crippen molar-refractivity contribution in [1.29, 1.82) is 0 Å². The highest BCUT2D eigenvalue weighted by molar-refractivity contribution is 7.99. The van der Waals surface area contributed by atoms with Gasteiger partial charge in [0.15, 0.2) is 17.3 Å². The molecule has 1 unspecified atom stereocenters. The largest absolute Gasteiger partial charge is 0.504 e. The van der Waals surface area contributed by atoms with E-state index in [-0.39, 0.29) is 11.1 Å². The van der Waals surface area contributed by atoms with Gasteiger partial charge < -0.3 is 20.0 Å². The molecule has 1 aliphatic rings. The smallest absolute Gasteiger partial charge is 0.212 e. The van der Waals surface area contributed by atoms with Crippen molar-refractivity contribution in [1.82, 2.24) is 14.9 Å². The number of thioether (sulfide) groups is 1. The predicted molar refractivity (Wildman–Crippen MR) is 99.2 cm³/mol. The third kappa shape index (κ3) is 2.92. The first-order chi connectivity index (χ1) is 12.7. The summed E-state index contributed by atoms with van der Waals surface area (Å²) >= 11 is 1.56. The number of benzene rings is 2. The van der Waals surface area contributed by atoms with Crippen molar-refractivity contribution < 1.29 is 14.6 Å². The number of nitrogens with zero attached hydrogens (tertiary/aromatic N) is 3. The molecule has 1 aliphatic heterocycles. The predicted octanol–water partition coefficient (Wildman–Crippen LogP) is 3.41. The minimum absolute atomic E-state index is 0.0450. The number of hydrogen-bond donors (Lipinski definition) is 2.